The Morgan fingerprint density at radius 2 is 1.89 bits per heavy atom. The Labute approximate surface area is 112 Å². The maximum absolute atomic E-state index is 13.3. The highest BCUT2D eigenvalue weighted by molar-refractivity contribution is 9.11. The average molecular weight is 337 g/mol. The summed E-state index contributed by atoms with van der Waals surface area (Å²) in [5.41, 5.74) is -0.845. The van der Waals surface area contributed by atoms with Crippen LogP contribution in [0, 0.1) is 17.5 Å². The molecule has 0 aliphatic rings. The van der Waals surface area contributed by atoms with Crippen LogP contribution in [0.4, 0.5) is 18.3 Å². The summed E-state index contributed by atoms with van der Waals surface area (Å²) >= 11 is 4.20. The van der Waals surface area contributed by atoms with Crippen molar-refractivity contribution in [1.82, 2.24) is 4.98 Å². The van der Waals surface area contributed by atoms with Crippen LogP contribution in [0.5, 0.6) is 0 Å². The molecule has 0 atom stereocenters. The lowest BCUT2D eigenvalue weighted by Gasteiger charge is -2.04. The van der Waals surface area contributed by atoms with Crippen LogP contribution >= 0.6 is 27.3 Å². The molecule has 0 radical (unpaired) electrons. The zero-order valence-corrected chi connectivity index (χ0v) is 10.9. The van der Waals surface area contributed by atoms with Gasteiger partial charge in [-0.05, 0) is 15.9 Å². The number of aromatic nitrogens is 1. The second-order valence-electron chi connectivity index (χ2n) is 3.17. The fourth-order valence-electron chi connectivity index (χ4n) is 1.23. The number of hydrogen-bond donors (Lipinski definition) is 1. The van der Waals surface area contributed by atoms with Gasteiger partial charge in [-0.3, -0.25) is 10.1 Å². The molecule has 0 fully saturated rings. The largest absolute Gasteiger partial charge is 0.298 e. The molecule has 0 bridgehead atoms. The van der Waals surface area contributed by atoms with Crippen LogP contribution in [0.2, 0.25) is 0 Å². The minimum atomic E-state index is -1.26. The summed E-state index contributed by atoms with van der Waals surface area (Å²) < 4.78 is 39.9. The SMILES string of the molecule is O=C(Nc1ncc(Br)s1)c1c(F)cc(F)cc1F. The molecule has 94 valence electrons. The predicted molar refractivity (Wildman–Crippen MR) is 64.1 cm³/mol. The van der Waals surface area contributed by atoms with Crippen LogP contribution in [-0.2, 0) is 0 Å². The van der Waals surface area contributed by atoms with Crippen LogP contribution in [0.25, 0.3) is 0 Å². The van der Waals surface area contributed by atoms with Gasteiger partial charge in [0.2, 0.25) is 0 Å². The van der Waals surface area contributed by atoms with E-state index in [1.807, 2.05) is 0 Å². The van der Waals surface area contributed by atoms with Crippen LogP contribution in [0.1, 0.15) is 10.4 Å². The molecule has 2 rings (SSSR count). The van der Waals surface area contributed by atoms with E-state index in [2.05, 4.69) is 26.2 Å². The maximum Gasteiger partial charge on any atom is 0.263 e. The van der Waals surface area contributed by atoms with Crippen molar-refractivity contribution < 1.29 is 18.0 Å². The number of thiazole rings is 1. The molecule has 2 aromatic rings. The Kier molecular flexibility index (Phi) is 3.67. The lowest BCUT2D eigenvalue weighted by molar-refractivity contribution is 0.101. The summed E-state index contributed by atoms with van der Waals surface area (Å²) in [4.78, 5) is 15.4. The van der Waals surface area contributed by atoms with Crippen molar-refractivity contribution in [3.05, 3.63) is 45.1 Å². The maximum atomic E-state index is 13.3. The van der Waals surface area contributed by atoms with Crippen LogP contribution in [-0.4, -0.2) is 10.9 Å². The number of amides is 1. The molecule has 1 heterocycles. The number of halogens is 4. The fraction of sp³-hybridized carbons (Fsp3) is 0. The Hall–Kier alpha value is -1.41. The number of nitrogens with zero attached hydrogens (tertiary/aromatic N) is 1. The molecule has 1 amide bonds. The van der Waals surface area contributed by atoms with E-state index in [0.717, 1.165) is 11.3 Å². The zero-order valence-electron chi connectivity index (χ0n) is 8.51. The summed E-state index contributed by atoms with van der Waals surface area (Å²) in [5.74, 6) is -4.63. The molecule has 3 nitrogen and oxygen atoms in total. The molecule has 0 saturated carbocycles. The molecular formula is C10H4BrF3N2OS. The van der Waals surface area contributed by atoms with Gasteiger partial charge < -0.3 is 0 Å². The fourth-order valence-corrected chi connectivity index (χ4v) is 2.33. The topological polar surface area (TPSA) is 42.0 Å². The summed E-state index contributed by atoms with van der Waals surface area (Å²) in [6.45, 7) is 0. The first kappa shape index (κ1) is 13.0. The first-order valence-corrected chi connectivity index (χ1v) is 6.15. The van der Waals surface area contributed by atoms with Crippen molar-refractivity contribution >= 4 is 38.3 Å². The first-order chi connectivity index (χ1) is 8.47. The Morgan fingerprint density at radius 3 is 2.39 bits per heavy atom. The van der Waals surface area contributed by atoms with Crippen LogP contribution < -0.4 is 5.32 Å². The third-order valence-electron chi connectivity index (χ3n) is 1.93. The van der Waals surface area contributed by atoms with Gasteiger partial charge in [0, 0.05) is 12.1 Å². The molecule has 18 heavy (non-hydrogen) atoms. The van der Waals surface area contributed by atoms with Gasteiger partial charge >= 0.3 is 0 Å². The van der Waals surface area contributed by atoms with Gasteiger partial charge in [-0.1, -0.05) is 11.3 Å². The van der Waals surface area contributed by atoms with E-state index in [0.29, 0.717) is 15.9 Å². The zero-order chi connectivity index (χ0) is 13.3. The van der Waals surface area contributed by atoms with E-state index in [-0.39, 0.29) is 5.13 Å². The number of benzene rings is 1. The summed E-state index contributed by atoms with van der Waals surface area (Å²) in [6, 6.07) is 0.880. The first-order valence-electron chi connectivity index (χ1n) is 4.54. The van der Waals surface area contributed by atoms with Crippen LogP contribution in [0.3, 0.4) is 0 Å². The normalized spacial score (nSPS) is 10.4. The Bertz CT molecular complexity index is 594. The molecule has 1 aromatic carbocycles. The van der Waals surface area contributed by atoms with Crippen LogP contribution in [0.15, 0.2) is 22.1 Å². The monoisotopic (exact) mass is 336 g/mol. The third kappa shape index (κ3) is 2.70. The highest BCUT2D eigenvalue weighted by atomic mass is 79.9. The van der Waals surface area contributed by atoms with Crippen molar-refractivity contribution in [2.24, 2.45) is 0 Å². The van der Waals surface area contributed by atoms with E-state index < -0.39 is 28.9 Å². The van der Waals surface area contributed by atoms with Crippen molar-refractivity contribution in [2.45, 2.75) is 0 Å². The van der Waals surface area contributed by atoms with Gasteiger partial charge in [0.25, 0.3) is 5.91 Å². The molecule has 1 N–H and O–H groups in total. The highest BCUT2D eigenvalue weighted by Gasteiger charge is 2.19. The van der Waals surface area contributed by atoms with Gasteiger partial charge in [-0.25, -0.2) is 18.2 Å². The van der Waals surface area contributed by atoms with Crippen molar-refractivity contribution in [1.29, 1.82) is 0 Å². The second-order valence-corrected chi connectivity index (χ2v) is 5.58. The summed E-state index contributed by atoms with van der Waals surface area (Å²) in [5, 5.41) is 2.39. The van der Waals surface area contributed by atoms with E-state index in [1.54, 1.807) is 0 Å². The summed E-state index contributed by atoms with van der Waals surface area (Å²) in [6.07, 6.45) is 1.43. The third-order valence-corrected chi connectivity index (χ3v) is 3.32. The number of carbonyl (C=O) groups excluding carboxylic acids is 1. The second kappa shape index (κ2) is 5.07. The number of nitrogens with one attached hydrogen (secondary N) is 1. The molecule has 0 aliphatic heterocycles. The predicted octanol–water partition coefficient (Wildman–Crippen LogP) is 3.58. The van der Waals surface area contributed by atoms with E-state index in [4.69, 9.17) is 0 Å². The van der Waals surface area contributed by atoms with E-state index in [1.165, 1.54) is 6.20 Å². The highest BCUT2D eigenvalue weighted by Crippen LogP contribution is 2.24. The molecule has 0 saturated heterocycles. The number of anilines is 1. The van der Waals surface area contributed by atoms with Crippen molar-refractivity contribution in [3.63, 3.8) is 0 Å². The number of hydrogen-bond acceptors (Lipinski definition) is 3. The smallest absolute Gasteiger partial charge is 0.263 e. The molecule has 0 spiro atoms. The number of carbonyl (C=O) groups is 1. The molecule has 0 aliphatic carbocycles. The standard InChI is InChI=1S/C10H4BrF3N2OS/c11-7-3-15-10(18-7)16-9(17)8-5(13)1-4(12)2-6(8)14/h1-3H,(H,15,16,17). The van der Waals surface area contributed by atoms with E-state index >= 15 is 0 Å². The average Bonchev–Trinajstić information content (AvgIpc) is 2.62. The minimum Gasteiger partial charge on any atom is -0.298 e. The van der Waals surface area contributed by atoms with Crippen molar-refractivity contribution in [3.8, 4) is 0 Å². The lowest BCUT2D eigenvalue weighted by atomic mass is 10.2. The quantitative estimate of drug-likeness (QED) is 0.910. The molecule has 1 aromatic heterocycles. The van der Waals surface area contributed by atoms with Gasteiger partial charge in [-0.15, -0.1) is 0 Å². The van der Waals surface area contributed by atoms with Gasteiger partial charge in [0.15, 0.2) is 5.13 Å². The molecule has 8 heteroatoms. The lowest BCUT2D eigenvalue weighted by Crippen LogP contribution is -2.16. The van der Waals surface area contributed by atoms with Gasteiger partial charge in [0.05, 0.1) is 9.98 Å². The molecular weight excluding hydrogens is 333 g/mol. The Balaban J connectivity index is 2.29. The number of rotatable bonds is 2. The van der Waals surface area contributed by atoms with Crippen molar-refractivity contribution in [2.75, 3.05) is 5.32 Å². The Morgan fingerprint density at radius 1 is 1.28 bits per heavy atom. The minimum absolute atomic E-state index is 0.176. The van der Waals surface area contributed by atoms with Gasteiger partial charge in [-0.2, -0.15) is 0 Å². The van der Waals surface area contributed by atoms with Gasteiger partial charge in [0.1, 0.15) is 23.0 Å². The van der Waals surface area contributed by atoms with E-state index in [9.17, 15) is 18.0 Å². The summed E-state index contributed by atoms with van der Waals surface area (Å²) in [7, 11) is 0. The molecule has 0 unspecified atom stereocenters.